The Morgan fingerprint density at radius 2 is 1.47 bits per heavy atom. The van der Waals surface area contributed by atoms with Crippen LogP contribution in [0.5, 0.6) is 0 Å². The molecule has 3 aromatic rings. The number of piperazine rings is 1. The number of hydrogen-bond acceptors (Lipinski definition) is 11. The normalized spacial score (nSPS) is 19.1. The number of Topliss-reactive ketones (excluding diaryl/α,β-unsaturated/α-hetero) is 2. The van der Waals surface area contributed by atoms with Crippen molar-refractivity contribution in [3.05, 3.63) is 87.9 Å². The molecule has 15 heteroatoms. The second kappa shape index (κ2) is 27.5. The molecule has 0 N–H and O–H groups in total. The molecule has 2 fully saturated rings. The Bertz CT molecular complexity index is 2250. The van der Waals surface area contributed by atoms with Crippen molar-refractivity contribution in [2.75, 3.05) is 61.0 Å². The number of ketones is 2. The van der Waals surface area contributed by atoms with E-state index in [0.717, 1.165) is 35.4 Å². The number of likely N-dealkylation sites (N-methyl/N-ethyl adjacent to an activating group) is 3. The molecule has 3 heterocycles. The van der Waals surface area contributed by atoms with E-state index in [0.29, 0.717) is 51.1 Å². The highest BCUT2D eigenvalue weighted by atomic mass is 32.1. The first-order valence-corrected chi connectivity index (χ1v) is 27.6. The van der Waals surface area contributed by atoms with E-state index in [2.05, 4.69) is 35.9 Å². The molecule has 2 aliphatic rings. The van der Waals surface area contributed by atoms with Crippen LogP contribution >= 0.6 is 11.3 Å². The van der Waals surface area contributed by atoms with Crippen LogP contribution in [-0.2, 0) is 39.9 Å². The number of methoxy groups -OCH3 is 1. The molecular weight excluding hydrogens is 941 g/mol. The van der Waals surface area contributed by atoms with Gasteiger partial charge in [-0.3, -0.25) is 24.0 Å². The number of carbonyl (C=O) groups is 6. The molecule has 0 aliphatic carbocycles. The van der Waals surface area contributed by atoms with Gasteiger partial charge in [0, 0.05) is 108 Å². The number of carbonyl (C=O) groups excluding carboxylic acids is 6. The predicted molar refractivity (Wildman–Crippen MR) is 288 cm³/mol. The van der Waals surface area contributed by atoms with E-state index < -0.39 is 36.3 Å². The molecule has 1 aromatic heterocycles. The summed E-state index contributed by atoms with van der Waals surface area (Å²) in [5.74, 6) is -2.54. The van der Waals surface area contributed by atoms with Gasteiger partial charge in [0.1, 0.15) is 5.78 Å². The maximum atomic E-state index is 14.9. The molecule has 0 spiro atoms. The van der Waals surface area contributed by atoms with Gasteiger partial charge in [-0.1, -0.05) is 122 Å². The Hall–Kier alpha value is -4.99. The van der Waals surface area contributed by atoms with Gasteiger partial charge in [0.2, 0.25) is 17.9 Å². The van der Waals surface area contributed by atoms with Crippen LogP contribution in [0.15, 0.2) is 66.2 Å². The zero-order valence-electron chi connectivity index (χ0n) is 46.1. The van der Waals surface area contributed by atoms with Crippen molar-refractivity contribution in [3.8, 4) is 0 Å². The highest BCUT2D eigenvalue weighted by Crippen LogP contribution is 2.35. The standard InChI is InChI=1S/C58H86N6O8S/c1-14-40(7)53(50(71-13)36-51(67)64-27-18-21-47(64)41(8)42(9)48(65)34-45(55-59-26-32-73-55)33-43-19-16-15-17-20-43)61(11)56(68)46(37(2)3)35-49(66)52(38(4)5)62(12)58(70)72-54(44-24-22-39(6)23-25-44)57(69)63-30-28-60(10)29-31-63/h15-17,19-20,22-26,32,37-38,40-42,45-47,50,52-54H,14,18,21,27-31,33-36H2,1-13H3/t40-,41+,42+,45?,46-,47-,50+,52-,53-,54?/m0/s1. The number of aryl methyl sites for hydroxylation is 1. The maximum Gasteiger partial charge on any atom is 0.411 e. The molecular formula is C58H86N6O8S. The second-order valence-electron chi connectivity index (χ2n) is 21.8. The first kappa shape index (κ1) is 58.9. The summed E-state index contributed by atoms with van der Waals surface area (Å²) >= 11 is 1.58. The van der Waals surface area contributed by atoms with Crippen molar-refractivity contribution in [3.63, 3.8) is 0 Å². The molecule has 0 bridgehead atoms. The summed E-state index contributed by atoms with van der Waals surface area (Å²) in [6.07, 6.45) is 2.49. The Morgan fingerprint density at radius 3 is 2.04 bits per heavy atom. The zero-order chi connectivity index (χ0) is 53.7. The molecule has 5 rings (SSSR count). The fourth-order valence-electron chi connectivity index (χ4n) is 11.0. The summed E-state index contributed by atoms with van der Waals surface area (Å²) in [6.45, 7) is 20.7. The van der Waals surface area contributed by atoms with Gasteiger partial charge in [0.25, 0.3) is 5.91 Å². The molecule has 73 heavy (non-hydrogen) atoms. The summed E-state index contributed by atoms with van der Waals surface area (Å²) in [4.78, 5) is 99.6. The van der Waals surface area contributed by atoms with E-state index in [1.54, 1.807) is 53.6 Å². The quantitative estimate of drug-likeness (QED) is 0.0805. The molecule has 0 radical (unpaired) electrons. The van der Waals surface area contributed by atoms with Gasteiger partial charge in [-0.25, -0.2) is 9.78 Å². The third-order valence-electron chi connectivity index (χ3n) is 16.0. The number of rotatable bonds is 25. The minimum absolute atomic E-state index is 0.0335. The lowest BCUT2D eigenvalue weighted by Gasteiger charge is -2.41. The van der Waals surface area contributed by atoms with Gasteiger partial charge >= 0.3 is 6.09 Å². The Balaban J connectivity index is 1.27. The summed E-state index contributed by atoms with van der Waals surface area (Å²) in [6, 6.07) is 16.0. The SMILES string of the molecule is CC[C@H](C)[C@@H]([C@@H](CC(=O)N1CCC[C@H]1[C@H](C)[C@@H](C)C(=O)CC(Cc1ccccc1)c1nccs1)OC)N(C)C(=O)[C@@H](CC(=O)[C@H](C(C)C)N(C)C(=O)OC(C(=O)N1CCN(C)CC1)c1ccc(C)cc1)C(C)C. The number of ether oxygens (including phenoxy) is 2. The largest absolute Gasteiger partial charge is 0.431 e. The summed E-state index contributed by atoms with van der Waals surface area (Å²) in [5.41, 5.74) is 2.71. The summed E-state index contributed by atoms with van der Waals surface area (Å²) in [5, 5.41) is 2.91. The van der Waals surface area contributed by atoms with E-state index in [1.165, 1.54) is 11.9 Å². The molecule has 4 amide bonds. The minimum atomic E-state index is -1.20. The van der Waals surface area contributed by atoms with E-state index in [-0.39, 0.29) is 83.7 Å². The smallest absolute Gasteiger partial charge is 0.411 e. The lowest BCUT2D eigenvalue weighted by atomic mass is 9.81. The molecule has 2 saturated heterocycles. The van der Waals surface area contributed by atoms with Crippen LogP contribution in [0.25, 0.3) is 0 Å². The molecule has 2 aliphatic heterocycles. The third-order valence-corrected chi connectivity index (χ3v) is 17.0. The van der Waals surface area contributed by atoms with Crippen LogP contribution in [-0.4, -0.2) is 150 Å². The van der Waals surface area contributed by atoms with E-state index in [9.17, 15) is 28.8 Å². The van der Waals surface area contributed by atoms with Crippen molar-refractivity contribution in [2.45, 2.75) is 144 Å². The summed E-state index contributed by atoms with van der Waals surface area (Å²) < 4.78 is 12.2. The number of hydrogen-bond donors (Lipinski definition) is 0. The average molecular weight is 1030 g/mol. The fourth-order valence-corrected chi connectivity index (χ4v) is 11.8. The van der Waals surface area contributed by atoms with Gasteiger partial charge in [0.05, 0.1) is 29.6 Å². The van der Waals surface area contributed by atoms with Gasteiger partial charge < -0.3 is 34.0 Å². The van der Waals surface area contributed by atoms with Crippen LogP contribution in [0.3, 0.4) is 0 Å². The predicted octanol–water partition coefficient (Wildman–Crippen LogP) is 9.12. The average Bonchev–Trinajstić information content (AvgIpc) is 4.11. The summed E-state index contributed by atoms with van der Waals surface area (Å²) in [7, 11) is 6.85. The second-order valence-corrected chi connectivity index (χ2v) is 22.7. The Labute approximate surface area is 440 Å². The van der Waals surface area contributed by atoms with Gasteiger partial charge in [0.15, 0.2) is 5.78 Å². The first-order chi connectivity index (χ1) is 34.7. The van der Waals surface area contributed by atoms with Crippen LogP contribution in [0.1, 0.15) is 128 Å². The number of amides is 4. The number of nitrogens with zero attached hydrogens (tertiary/aromatic N) is 6. The molecule has 10 atom stereocenters. The fraction of sp³-hybridized carbons (Fsp3) is 0.638. The monoisotopic (exact) mass is 1030 g/mol. The number of likely N-dealkylation sites (tertiary alicyclic amines) is 1. The topological polar surface area (TPSA) is 150 Å². The van der Waals surface area contributed by atoms with E-state index in [4.69, 9.17) is 9.47 Å². The molecule has 2 unspecified atom stereocenters. The first-order valence-electron chi connectivity index (χ1n) is 26.7. The third kappa shape index (κ3) is 15.3. The maximum absolute atomic E-state index is 14.9. The lowest BCUT2D eigenvalue weighted by molar-refractivity contribution is -0.148. The Kier molecular flexibility index (Phi) is 22.2. The lowest BCUT2D eigenvalue weighted by Crippen LogP contribution is -2.54. The van der Waals surface area contributed by atoms with Crippen LogP contribution in [0.2, 0.25) is 0 Å². The Morgan fingerprint density at radius 1 is 0.808 bits per heavy atom. The van der Waals surface area contributed by atoms with Crippen molar-refractivity contribution in [2.24, 2.45) is 35.5 Å². The molecule has 2 aromatic carbocycles. The molecule has 402 valence electrons. The zero-order valence-corrected chi connectivity index (χ0v) is 46.9. The van der Waals surface area contributed by atoms with Crippen molar-refractivity contribution >= 4 is 46.7 Å². The van der Waals surface area contributed by atoms with E-state index in [1.807, 2.05) is 96.1 Å². The minimum Gasteiger partial charge on any atom is -0.431 e. The van der Waals surface area contributed by atoms with Crippen LogP contribution in [0, 0.1) is 42.4 Å². The van der Waals surface area contributed by atoms with Crippen LogP contribution in [0.4, 0.5) is 4.79 Å². The van der Waals surface area contributed by atoms with Gasteiger partial charge in [-0.15, -0.1) is 11.3 Å². The van der Waals surface area contributed by atoms with Crippen molar-refractivity contribution in [1.82, 2.24) is 29.5 Å². The van der Waals surface area contributed by atoms with Crippen molar-refractivity contribution < 1.29 is 38.2 Å². The number of benzene rings is 2. The highest BCUT2D eigenvalue weighted by molar-refractivity contribution is 7.09. The highest BCUT2D eigenvalue weighted by Gasteiger charge is 2.43. The van der Waals surface area contributed by atoms with Crippen molar-refractivity contribution in [1.29, 1.82) is 0 Å². The van der Waals surface area contributed by atoms with Crippen LogP contribution < -0.4 is 0 Å². The number of aromatic nitrogens is 1. The van der Waals surface area contributed by atoms with Gasteiger partial charge in [-0.2, -0.15) is 0 Å². The molecule has 14 nitrogen and oxygen atoms in total. The van der Waals surface area contributed by atoms with E-state index >= 15 is 0 Å². The van der Waals surface area contributed by atoms with Gasteiger partial charge in [-0.05, 0) is 62.5 Å². The number of thiazole rings is 1. The molecule has 0 saturated carbocycles.